The van der Waals surface area contributed by atoms with Gasteiger partial charge >= 0.3 is 11.9 Å². The minimum Gasteiger partial charge on any atom is -0.481 e. The first-order chi connectivity index (χ1) is 19.8. The molecular weight excluding hydrogens is 546 g/mol. The molecule has 4 aromatic rings. The highest BCUT2D eigenvalue weighted by Crippen LogP contribution is 2.30. The van der Waals surface area contributed by atoms with Gasteiger partial charge in [0, 0.05) is 24.9 Å². The summed E-state index contributed by atoms with van der Waals surface area (Å²) in [6, 6.07) is 15.4. The van der Waals surface area contributed by atoms with Crippen LogP contribution in [0.3, 0.4) is 0 Å². The summed E-state index contributed by atoms with van der Waals surface area (Å²) in [5.74, 6) is -0.114. The standard InChI is InChI=1S/C29H34ClN7O4/c1-4-5-10-25-31-27(30)24(18-41-29(40)23(36(2)3)15-16-26(38)39)37(25)17-19-11-13-20(14-12-19)21-8-6-7-9-22(21)28-32-34-35-33-28/h6-9,11-14,23H,4-5,10,15-18H2,1-3H3,(H,38,39)(H,32,33,34,35)/t23-/m1/s1. The molecule has 0 aliphatic carbocycles. The average Bonchev–Trinajstić information content (AvgIpc) is 3.59. The normalized spacial score (nSPS) is 12.0. The van der Waals surface area contributed by atoms with E-state index in [2.05, 4.69) is 32.5 Å². The number of hydrogen-bond acceptors (Lipinski definition) is 8. The van der Waals surface area contributed by atoms with E-state index in [1.807, 2.05) is 53.1 Å². The maximum Gasteiger partial charge on any atom is 0.323 e. The number of nitrogens with zero attached hydrogens (tertiary/aromatic N) is 6. The van der Waals surface area contributed by atoms with Gasteiger partial charge in [-0.1, -0.05) is 73.5 Å². The number of unbranched alkanes of at least 4 members (excludes halogenated alkanes) is 1. The fourth-order valence-electron chi connectivity index (χ4n) is 4.62. The number of aromatic nitrogens is 6. The molecule has 41 heavy (non-hydrogen) atoms. The lowest BCUT2D eigenvalue weighted by Gasteiger charge is -2.22. The topological polar surface area (TPSA) is 139 Å². The van der Waals surface area contributed by atoms with Gasteiger partial charge in [-0.15, -0.1) is 10.2 Å². The van der Waals surface area contributed by atoms with E-state index in [0.717, 1.165) is 47.3 Å². The van der Waals surface area contributed by atoms with Crippen molar-refractivity contribution in [1.29, 1.82) is 0 Å². The Balaban J connectivity index is 1.56. The van der Waals surface area contributed by atoms with E-state index < -0.39 is 18.0 Å². The number of carboxylic acids is 1. The van der Waals surface area contributed by atoms with E-state index in [0.29, 0.717) is 23.2 Å². The molecule has 4 rings (SSSR count). The zero-order valence-corrected chi connectivity index (χ0v) is 24.1. The number of nitrogens with one attached hydrogen (secondary N) is 1. The van der Waals surface area contributed by atoms with Crippen LogP contribution in [0.1, 0.15) is 49.7 Å². The molecule has 0 aliphatic rings. The Morgan fingerprint density at radius 3 is 2.49 bits per heavy atom. The number of ether oxygens (including phenoxy) is 1. The molecule has 0 spiro atoms. The summed E-state index contributed by atoms with van der Waals surface area (Å²) in [4.78, 5) is 30.2. The van der Waals surface area contributed by atoms with E-state index in [4.69, 9.17) is 21.4 Å². The van der Waals surface area contributed by atoms with Crippen molar-refractivity contribution in [3.63, 3.8) is 0 Å². The number of likely N-dealkylation sites (N-methyl/N-ethyl adjacent to an activating group) is 1. The molecule has 0 saturated carbocycles. The Bertz CT molecular complexity index is 1450. The lowest BCUT2D eigenvalue weighted by molar-refractivity contribution is -0.151. The number of halogens is 1. The second-order valence-corrected chi connectivity index (χ2v) is 10.3. The molecule has 1 atom stereocenters. The van der Waals surface area contributed by atoms with E-state index in [1.54, 1.807) is 19.0 Å². The molecule has 0 bridgehead atoms. The molecule has 0 unspecified atom stereocenters. The van der Waals surface area contributed by atoms with E-state index in [9.17, 15) is 9.59 Å². The fraction of sp³-hybridized carbons (Fsp3) is 0.379. The number of imidazole rings is 1. The number of rotatable bonds is 14. The van der Waals surface area contributed by atoms with Crippen LogP contribution in [-0.2, 0) is 33.9 Å². The smallest absolute Gasteiger partial charge is 0.323 e. The van der Waals surface area contributed by atoms with Crippen molar-refractivity contribution in [3.05, 3.63) is 70.8 Å². The van der Waals surface area contributed by atoms with Gasteiger partial charge in [-0.2, -0.15) is 5.21 Å². The predicted molar refractivity (Wildman–Crippen MR) is 154 cm³/mol. The molecule has 0 radical (unpaired) electrons. The molecule has 2 heterocycles. The number of hydrogen-bond donors (Lipinski definition) is 2. The van der Waals surface area contributed by atoms with E-state index >= 15 is 0 Å². The summed E-state index contributed by atoms with van der Waals surface area (Å²) < 4.78 is 7.66. The van der Waals surface area contributed by atoms with E-state index in [1.165, 1.54) is 0 Å². The average molecular weight is 580 g/mol. The monoisotopic (exact) mass is 579 g/mol. The van der Waals surface area contributed by atoms with Crippen LogP contribution in [0.4, 0.5) is 0 Å². The summed E-state index contributed by atoms with van der Waals surface area (Å²) >= 11 is 6.56. The van der Waals surface area contributed by atoms with Crippen LogP contribution in [0, 0.1) is 0 Å². The first-order valence-corrected chi connectivity index (χ1v) is 13.9. The fourth-order valence-corrected chi connectivity index (χ4v) is 4.87. The van der Waals surface area contributed by atoms with Gasteiger partial charge in [-0.25, -0.2) is 4.98 Å². The number of aromatic amines is 1. The first-order valence-electron chi connectivity index (χ1n) is 13.5. The number of carbonyl (C=O) groups is 2. The van der Waals surface area contributed by atoms with Crippen molar-refractivity contribution in [3.8, 4) is 22.5 Å². The summed E-state index contributed by atoms with van der Waals surface area (Å²) in [6.45, 7) is 2.54. The van der Waals surface area contributed by atoms with Crippen molar-refractivity contribution < 1.29 is 19.4 Å². The van der Waals surface area contributed by atoms with E-state index in [-0.39, 0.29) is 19.4 Å². The van der Waals surface area contributed by atoms with Crippen molar-refractivity contribution in [2.24, 2.45) is 0 Å². The summed E-state index contributed by atoms with van der Waals surface area (Å²) in [5.41, 5.74) is 4.50. The Morgan fingerprint density at radius 2 is 1.85 bits per heavy atom. The van der Waals surface area contributed by atoms with Crippen LogP contribution < -0.4 is 0 Å². The first kappa shape index (κ1) is 29.9. The lowest BCUT2D eigenvalue weighted by atomic mass is 9.98. The van der Waals surface area contributed by atoms with Gasteiger partial charge in [0.15, 0.2) is 5.15 Å². The quantitative estimate of drug-likeness (QED) is 0.205. The molecule has 0 saturated heterocycles. The Labute approximate surface area is 243 Å². The number of benzene rings is 2. The van der Waals surface area contributed by atoms with Gasteiger partial charge in [0.05, 0.1) is 5.69 Å². The predicted octanol–water partition coefficient (Wildman–Crippen LogP) is 4.61. The molecule has 2 aromatic carbocycles. The Hall–Kier alpha value is -4.09. The molecule has 216 valence electrons. The highest BCUT2D eigenvalue weighted by atomic mass is 35.5. The second kappa shape index (κ2) is 14.0. The molecule has 12 heteroatoms. The Kier molecular flexibility index (Phi) is 10.2. The van der Waals surface area contributed by atoms with Gasteiger partial charge in [-0.05, 0) is 48.8 Å². The molecule has 11 nitrogen and oxygen atoms in total. The number of aliphatic carboxylic acids is 1. The molecule has 0 amide bonds. The maximum atomic E-state index is 12.9. The van der Waals surface area contributed by atoms with Crippen molar-refractivity contribution >= 4 is 23.5 Å². The highest BCUT2D eigenvalue weighted by Gasteiger charge is 2.25. The largest absolute Gasteiger partial charge is 0.481 e. The third kappa shape index (κ3) is 7.56. The van der Waals surface area contributed by atoms with Crippen LogP contribution in [0.25, 0.3) is 22.5 Å². The number of carboxylic acid groups (broad SMARTS) is 1. The highest BCUT2D eigenvalue weighted by molar-refractivity contribution is 6.30. The van der Waals surface area contributed by atoms with Crippen LogP contribution in [-0.4, -0.2) is 72.3 Å². The summed E-state index contributed by atoms with van der Waals surface area (Å²) in [7, 11) is 3.44. The van der Waals surface area contributed by atoms with Gasteiger partial charge in [0.25, 0.3) is 0 Å². The van der Waals surface area contributed by atoms with Crippen LogP contribution in [0.2, 0.25) is 5.15 Å². The third-order valence-electron chi connectivity index (χ3n) is 6.85. The number of tetrazole rings is 1. The van der Waals surface area contributed by atoms with Crippen molar-refractivity contribution in [2.75, 3.05) is 14.1 Å². The molecule has 0 aliphatic heterocycles. The molecular formula is C29H34ClN7O4. The SMILES string of the molecule is CCCCc1nc(Cl)c(COC(=O)[C@@H](CCC(=O)O)N(C)C)n1Cc1ccc(-c2ccccc2-c2nn[nH]n2)cc1. The number of esters is 1. The van der Waals surface area contributed by atoms with Gasteiger partial charge in [0.2, 0.25) is 5.82 Å². The molecule has 2 N–H and O–H groups in total. The maximum absolute atomic E-state index is 12.9. The van der Waals surface area contributed by atoms with Crippen molar-refractivity contribution in [1.82, 2.24) is 35.1 Å². The Morgan fingerprint density at radius 1 is 1.12 bits per heavy atom. The van der Waals surface area contributed by atoms with Gasteiger partial charge in [0.1, 0.15) is 18.5 Å². The van der Waals surface area contributed by atoms with Crippen LogP contribution in [0.15, 0.2) is 48.5 Å². The zero-order chi connectivity index (χ0) is 29.4. The lowest BCUT2D eigenvalue weighted by Crippen LogP contribution is -2.37. The number of H-pyrrole nitrogens is 1. The van der Waals surface area contributed by atoms with Gasteiger partial charge in [-0.3, -0.25) is 14.5 Å². The third-order valence-corrected chi connectivity index (χ3v) is 7.16. The minimum atomic E-state index is -0.962. The summed E-state index contributed by atoms with van der Waals surface area (Å²) in [5, 5.41) is 23.8. The number of aryl methyl sites for hydroxylation is 1. The van der Waals surface area contributed by atoms with Gasteiger partial charge < -0.3 is 14.4 Å². The van der Waals surface area contributed by atoms with Crippen molar-refractivity contribution in [2.45, 2.75) is 58.2 Å². The second-order valence-electron chi connectivity index (χ2n) is 9.95. The van der Waals surface area contributed by atoms with Crippen LogP contribution >= 0.6 is 11.6 Å². The molecule has 2 aromatic heterocycles. The minimum absolute atomic E-state index is 0.0651. The number of carbonyl (C=O) groups excluding carboxylic acids is 1. The molecule has 0 fully saturated rings. The van der Waals surface area contributed by atoms with Crippen LogP contribution in [0.5, 0.6) is 0 Å². The zero-order valence-electron chi connectivity index (χ0n) is 23.4. The summed E-state index contributed by atoms with van der Waals surface area (Å²) in [6.07, 6.45) is 2.69.